The quantitative estimate of drug-likeness (QED) is 0.539. The molecule has 114 valence electrons. The summed E-state index contributed by atoms with van der Waals surface area (Å²) in [5.41, 5.74) is 0.632. The average Bonchev–Trinajstić information content (AvgIpc) is 2.68. The summed E-state index contributed by atoms with van der Waals surface area (Å²) in [5.74, 6) is 0. The molecule has 0 saturated carbocycles. The molecule has 0 N–H and O–H groups in total. The zero-order chi connectivity index (χ0) is 16.4. The molecule has 0 saturated heterocycles. The molecule has 3 aromatic rings. The van der Waals surface area contributed by atoms with E-state index in [0.717, 1.165) is 5.39 Å². The van der Waals surface area contributed by atoms with Gasteiger partial charge in [0.1, 0.15) is 5.49 Å². The Morgan fingerprint density at radius 3 is 2.61 bits per heavy atom. The lowest BCUT2D eigenvalue weighted by molar-refractivity contribution is -0.384. The third-order valence-electron chi connectivity index (χ3n) is 3.54. The first-order valence-corrected chi connectivity index (χ1v) is 6.94. The van der Waals surface area contributed by atoms with Gasteiger partial charge in [-0.3, -0.25) is 19.5 Å². The van der Waals surface area contributed by atoms with E-state index in [1.165, 1.54) is 16.7 Å². The van der Waals surface area contributed by atoms with Crippen molar-refractivity contribution in [3.8, 4) is 0 Å². The van der Waals surface area contributed by atoms with Crippen LogP contribution in [0.1, 0.15) is 0 Å². The van der Waals surface area contributed by atoms with Gasteiger partial charge in [-0.15, -0.1) is 0 Å². The van der Waals surface area contributed by atoms with Gasteiger partial charge in [0.15, 0.2) is 0 Å². The molecule has 0 bridgehead atoms. The van der Waals surface area contributed by atoms with Gasteiger partial charge in [-0.25, -0.2) is 4.99 Å². The van der Waals surface area contributed by atoms with Gasteiger partial charge >= 0.3 is 0 Å². The first-order valence-electron chi connectivity index (χ1n) is 6.94. The number of rotatable bonds is 2. The van der Waals surface area contributed by atoms with Crippen molar-refractivity contribution in [3.63, 3.8) is 0 Å². The predicted molar refractivity (Wildman–Crippen MR) is 87.5 cm³/mol. The first kappa shape index (κ1) is 14.6. The minimum absolute atomic E-state index is 0.0401. The van der Waals surface area contributed by atoms with Gasteiger partial charge in [0.05, 0.1) is 10.6 Å². The summed E-state index contributed by atoms with van der Waals surface area (Å²) in [6.07, 6.45) is 0. The van der Waals surface area contributed by atoms with Crippen molar-refractivity contribution in [3.05, 3.63) is 86.6 Å². The summed E-state index contributed by atoms with van der Waals surface area (Å²) < 4.78 is 1.43. The number of benzene rings is 2. The maximum atomic E-state index is 12.5. The van der Waals surface area contributed by atoms with Crippen molar-refractivity contribution in [2.45, 2.75) is 0 Å². The van der Waals surface area contributed by atoms with Gasteiger partial charge in [0, 0.05) is 24.6 Å². The van der Waals surface area contributed by atoms with Crippen molar-refractivity contribution < 1.29 is 4.92 Å². The molecule has 3 rings (SSSR count). The molecular formula is C17H13N3O3. The van der Waals surface area contributed by atoms with Crippen molar-refractivity contribution in [2.24, 2.45) is 12.0 Å². The van der Waals surface area contributed by atoms with Crippen LogP contribution in [0.3, 0.4) is 0 Å². The van der Waals surface area contributed by atoms with Crippen LogP contribution in [0.5, 0.6) is 0 Å². The highest BCUT2D eigenvalue weighted by atomic mass is 16.6. The lowest BCUT2D eigenvalue weighted by atomic mass is 10.2. The van der Waals surface area contributed by atoms with Gasteiger partial charge in [0.2, 0.25) is 0 Å². The maximum Gasteiger partial charge on any atom is 0.271 e. The van der Waals surface area contributed by atoms with Crippen molar-refractivity contribution in [1.29, 1.82) is 0 Å². The fraction of sp³-hybridized carbons (Fsp3) is 0.0588. The van der Waals surface area contributed by atoms with Crippen LogP contribution in [0, 0.1) is 10.1 Å². The Hall–Kier alpha value is -3.28. The van der Waals surface area contributed by atoms with E-state index >= 15 is 0 Å². The van der Waals surface area contributed by atoms with Gasteiger partial charge in [0.25, 0.3) is 11.2 Å². The molecule has 2 aromatic carbocycles. The number of nitro benzene ring substituents is 1. The van der Waals surface area contributed by atoms with Crippen LogP contribution >= 0.6 is 0 Å². The number of fused-ring (bicyclic) bond motifs is 1. The van der Waals surface area contributed by atoms with E-state index < -0.39 is 4.92 Å². The smallest absolute Gasteiger partial charge is 0.271 e. The fourth-order valence-electron chi connectivity index (χ4n) is 2.32. The summed E-state index contributed by atoms with van der Waals surface area (Å²) >= 11 is 0. The Morgan fingerprint density at radius 1 is 1.04 bits per heavy atom. The van der Waals surface area contributed by atoms with Crippen LogP contribution in [0.25, 0.3) is 10.8 Å². The lowest BCUT2D eigenvalue weighted by Gasteiger charge is -1.96. The first-order chi connectivity index (χ1) is 11.1. The number of hydrogen-bond donors (Lipinski definition) is 0. The van der Waals surface area contributed by atoms with Gasteiger partial charge in [-0.2, -0.15) is 0 Å². The van der Waals surface area contributed by atoms with E-state index in [1.54, 1.807) is 37.4 Å². The van der Waals surface area contributed by atoms with E-state index in [9.17, 15) is 14.9 Å². The van der Waals surface area contributed by atoms with E-state index in [4.69, 9.17) is 0 Å². The van der Waals surface area contributed by atoms with Crippen molar-refractivity contribution in [2.75, 3.05) is 0 Å². The van der Waals surface area contributed by atoms with E-state index in [1.807, 2.05) is 18.2 Å². The van der Waals surface area contributed by atoms with Crippen LogP contribution in [-0.4, -0.2) is 9.49 Å². The fourth-order valence-corrected chi connectivity index (χ4v) is 2.32. The van der Waals surface area contributed by atoms with E-state index in [2.05, 4.69) is 4.99 Å². The molecule has 6 heteroatoms. The molecule has 6 nitrogen and oxygen atoms in total. The summed E-state index contributed by atoms with van der Waals surface area (Å²) in [6, 6.07) is 16.8. The molecule has 23 heavy (non-hydrogen) atoms. The third-order valence-corrected chi connectivity index (χ3v) is 3.54. The highest BCUT2D eigenvalue weighted by molar-refractivity contribution is 5.80. The minimum atomic E-state index is -0.475. The Kier molecular flexibility index (Phi) is 3.72. The molecule has 0 amide bonds. The number of aromatic nitrogens is 1. The average molecular weight is 307 g/mol. The van der Waals surface area contributed by atoms with Gasteiger partial charge in [-0.05, 0) is 23.6 Å². The third kappa shape index (κ3) is 2.87. The summed E-state index contributed by atoms with van der Waals surface area (Å²) in [4.78, 5) is 27.2. The van der Waals surface area contributed by atoms with Gasteiger partial charge in [-0.1, -0.05) is 30.3 Å². The number of hydrogen-bond acceptors (Lipinski definition) is 4. The Bertz CT molecular complexity index is 1040. The number of nitro groups is 1. The minimum Gasteiger partial charge on any atom is -0.296 e. The molecule has 0 aliphatic carbocycles. The zero-order valence-electron chi connectivity index (χ0n) is 12.3. The summed E-state index contributed by atoms with van der Waals surface area (Å²) in [6.45, 7) is 0. The maximum absolute atomic E-state index is 12.5. The normalized spacial score (nSPS) is 11.6. The predicted octanol–water partition coefficient (Wildman–Crippen LogP) is 2.68. The van der Waals surface area contributed by atoms with Crippen molar-refractivity contribution >= 4 is 22.1 Å². The van der Waals surface area contributed by atoms with Crippen LogP contribution < -0.4 is 11.0 Å². The van der Waals surface area contributed by atoms with Crippen LogP contribution in [0.4, 0.5) is 11.4 Å². The number of nitrogens with zero attached hydrogens (tertiary/aromatic N) is 3. The Labute approximate surface area is 131 Å². The highest BCUT2D eigenvalue weighted by Gasteiger charge is 2.05. The molecule has 0 spiro atoms. The van der Waals surface area contributed by atoms with Crippen molar-refractivity contribution in [1.82, 2.24) is 4.57 Å². The molecule has 0 fully saturated rings. The molecule has 0 unspecified atom stereocenters. The second-order valence-corrected chi connectivity index (χ2v) is 5.03. The summed E-state index contributed by atoms with van der Waals surface area (Å²) in [7, 11) is 1.63. The molecule has 0 aliphatic heterocycles. The molecule has 0 aliphatic rings. The molecule has 1 heterocycles. The van der Waals surface area contributed by atoms with Gasteiger partial charge < -0.3 is 0 Å². The Balaban J connectivity index is 2.28. The molecule has 1 aromatic heterocycles. The monoisotopic (exact) mass is 307 g/mol. The van der Waals surface area contributed by atoms with E-state index in [0.29, 0.717) is 16.6 Å². The second kappa shape index (κ2) is 5.84. The highest BCUT2D eigenvalue weighted by Crippen LogP contribution is 2.18. The van der Waals surface area contributed by atoms with Crippen LogP contribution in [-0.2, 0) is 7.05 Å². The number of non-ortho nitro benzene ring substituents is 1. The standard InChI is InChI=1S/C17H13N3O3/c1-19-16(18-13-6-4-7-14(11-13)20(22)23)10-9-12-5-2-3-8-15(12)17(19)21/h2-11H,1H3. The Morgan fingerprint density at radius 2 is 1.83 bits per heavy atom. The molecular weight excluding hydrogens is 294 g/mol. The molecule has 0 radical (unpaired) electrons. The van der Waals surface area contributed by atoms with Crippen LogP contribution in [0.15, 0.2) is 70.5 Å². The lowest BCUT2D eigenvalue weighted by Crippen LogP contribution is -2.27. The van der Waals surface area contributed by atoms with Crippen LogP contribution in [0.2, 0.25) is 0 Å². The second-order valence-electron chi connectivity index (χ2n) is 5.03. The largest absolute Gasteiger partial charge is 0.296 e. The zero-order valence-corrected chi connectivity index (χ0v) is 12.3. The topological polar surface area (TPSA) is 77.5 Å². The summed E-state index contributed by atoms with van der Waals surface area (Å²) in [5, 5.41) is 12.3. The van der Waals surface area contributed by atoms with E-state index in [-0.39, 0.29) is 11.2 Å². The molecule has 0 atom stereocenters. The SMILES string of the molecule is Cn1c(=Nc2cccc([N+](=O)[O-])c2)ccc2ccccc2c1=O.